The number of aromatic nitrogens is 7. The maximum Gasteiger partial charge on any atom is 0.359 e. The molecule has 3 heterocycles. The average Bonchev–Trinajstić information content (AvgIpc) is 3.55. The molecule has 0 saturated carbocycles. The lowest BCUT2D eigenvalue weighted by molar-refractivity contribution is -0.141. The van der Waals surface area contributed by atoms with Crippen molar-refractivity contribution in [3.8, 4) is 11.4 Å². The molecule has 2 aromatic carbocycles. The van der Waals surface area contributed by atoms with Gasteiger partial charge >= 0.3 is 5.97 Å². The van der Waals surface area contributed by atoms with Crippen LogP contribution >= 0.6 is 0 Å². The lowest BCUT2D eigenvalue weighted by Gasteiger charge is -2.10. The van der Waals surface area contributed by atoms with Crippen LogP contribution in [-0.4, -0.2) is 41.2 Å². The minimum absolute atomic E-state index is 0.0180. The molecule has 5 rings (SSSR count). The molecule has 0 aliphatic heterocycles. The Morgan fingerprint density at radius 2 is 1.79 bits per heavy atom. The molecule has 3 aromatic heterocycles. The number of carbonyl (C=O) groups excluding carboxylic acids is 1. The lowest BCUT2D eigenvalue weighted by Crippen LogP contribution is -2.27. The van der Waals surface area contributed by atoms with Gasteiger partial charge in [-0.25, -0.2) is 4.79 Å². The van der Waals surface area contributed by atoms with Crippen LogP contribution in [0.25, 0.3) is 34.1 Å². The van der Waals surface area contributed by atoms with Crippen LogP contribution in [0, 0.1) is 0 Å². The summed E-state index contributed by atoms with van der Waals surface area (Å²) in [6.07, 6.45) is 2.91. The standard InChI is InChI=1S/C22H15N7O4/c30-21-17-10-4-5-11-18(17)23-26-28(21)14-33-22(31)19(13-16-9-6-12-32-16)29-20(24-25-27-29)15-7-2-1-3-8-15/h1-13H,14H2/b19-13+. The Morgan fingerprint density at radius 3 is 2.61 bits per heavy atom. The van der Waals surface area contributed by atoms with Crippen LogP contribution in [0.15, 0.2) is 82.2 Å². The predicted octanol–water partition coefficient (Wildman–Crippen LogP) is 2.24. The van der Waals surface area contributed by atoms with E-state index in [1.54, 1.807) is 36.4 Å². The normalized spacial score (nSPS) is 11.6. The van der Waals surface area contributed by atoms with Gasteiger partial charge in [0.2, 0.25) is 0 Å². The largest absolute Gasteiger partial charge is 0.465 e. The molecule has 0 radical (unpaired) electrons. The number of hydrogen-bond donors (Lipinski definition) is 0. The van der Waals surface area contributed by atoms with Gasteiger partial charge in [-0.05, 0) is 34.7 Å². The first kappa shape index (κ1) is 20.0. The van der Waals surface area contributed by atoms with Gasteiger partial charge in [0.05, 0.1) is 11.6 Å². The molecule has 0 aliphatic carbocycles. The highest BCUT2D eigenvalue weighted by molar-refractivity contribution is 6.15. The highest BCUT2D eigenvalue weighted by Gasteiger charge is 2.21. The van der Waals surface area contributed by atoms with E-state index in [0.717, 1.165) is 4.68 Å². The van der Waals surface area contributed by atoms with Gasteiger partial charge in [-0.3, -0.25) is 4.79 Å². The summed E-state index contributed by atoms with van der Waals surface area (Å²) in [6, 6.07) is 19.2. The van der Waals surface area contributed by atoms with Crippen molar-refractivity contribution < 1.29 is 13.9 Å². The first-order valence-corrected chi connectivity index (χ1v) is 9.80. The second-order valence-electron chi connectivity index (χ2n) is 6.80. The molecule has 11 heteroatoms. The fraction of sp³-hybridized carbons (Fsp3) is 0.0455. The van der Waals surface area contributed by atoms with E-state index in [9.17, 15) is 9.59 Å². The number of benzene rings is 2. The SMILES string of the molecule is O=C(OCn1nnc2ccccc2c1=O)/C(=C\c1ccco1)n1nnnc1-c1ccccc1. The number of fused-ring (bicyclic) bond motifs is 1. The zero-order valence-electron chi connectivity index (χ0n) is 17.0. The quantitative estimate of drug-likeness (QED) is 0.287. The topological polar surface area (TPSA) is 131 Å². The number of carbonyl (C=O) groups is 1. The smallest absolute Gasteiger partial charge is 0.359 e. The Labute approximate surface area is 185 Å². The zero-order chi connectivity index (χ0) is 22.6. The molecule has 0 amide bonds. The van der Waals surface area contributed by atoms with E-state index in [1.165, 1.54) is 17.0 Å². The van der Waals surface area contributed by atoms with Crippen LogP contribution < -0.4 is 5.56 Å². The molecular formula is C22H15N7O4. The van der Waals surface area contributed by atoms with Gasteiger partial charge in [0.1, 0.15) is 11.3 Å². The van der Waals surface area contributed by atoms with E-state index in [4.69, 9.17) is 9.15 Å². The minimum Gasteiger partial charge on any atom is -0.465 e. The summed E-state index contributed by atoms with van der Waals surface area (Å²) in [5, 5.41) is 19.9. The maximum absolute atomic E-state index is 13.1. The minimum atomic E-state index is -0.794. The van der Waals surface area contributed by atoms with E-state index in [2.05, 4.69) is 25.8 Å². The summed E-state index contributed by atoms with van der Waals surface area (Å²) in [5.41, 5.74) is 0.690. The van der Waals surface area contributed by atoms with Crippen molar-refractivity contribution in [1.29, 1.82) is 0 Å². The Balaban J connectivity index is 1.48. The van der Waals surface area contributed by atoms with Crippen molar-refractivity contribution in [1.82, 2.24) is 35.2 Å². The molecule has 5 aromatic rings. The van der Waals surface area contributed by atoms with E-state index in [-0.39, 0.29) is 5.70 Å². The van der Waals surface area contributed by atoms with E-state index in [1.807, 2.05) is 30.3 Å². The van der Waals surface area contributed by atoms with Crippen LogP contribution in [0.4, 0.5) is 0 Å². The van der Waals surface area contributed by atoms with Crippen LogP contribution in [0.2, 0.25) is 0 Å². The molecule has 11 nitrogen and oxygen atoms in total. The first-order chi connectivity index (χ1) is 16.2. The van der Waals surface area contributed by atoms with Crippen molar-refractivity contribution >= 4 is 28.6 Å². The zero-order valence-corrected chi connectivity index (χ0v) is 17.0. The number of hydrogen-bond acceptors (Lipinski definition) is 9. The molecule has 0 bridgehead atoms. The van der Waals surface area contributed by atoms with Crippen molar-refractivity contribution in [3.63, 3.8) is 0 Å². The third-order valence-electron chi connectivity index (χ3n) is 4.71. The van der Waals surface area contributed by atoms with E-state index >= 15 is 0 Å². The third kappa shape index (κ3) is 4.02. The van der Waals surface area contributed by atoms with Crippen molar-refractivity contribution in [2.45, 2.75) is 6.73 Å². The van der Waals surface area contributed by atoms with Crippen LogP contribution in [-0.2, 0) is 16.3 Å². The Bertz CT molecular complexity index is 1500. The Kier molecular flexibility index (Phi) is 5.25. The molecule has 0 saturated heterocycles. The van der Waals surface area contributed by atoms with Crippen molar-refractivity contribution in [2.24, 2.45) is 0 Å². The van der Waals surface area contributed by atoms with E-state index in [0.29, 0.717) is 28.1 Å². The number of nitrogens with zero attached hydrogens (tertiary/aromatic N) is 7. The Morgan fingerprint density at radius 1 is 0.970 bits per heavy atom. The second kappa shape index (κ2) is 8.67. The summed E-state index contributed by atoms with van der Waals surface area (Å²) in [5.74, 6) is -0.0788. The van der Waals surface area contributed by atoms with Crippen LogP contribution in [0.5, 0.6) is 0 Å². The summed E-state index contributed by atoms with van der Waals surface area (Å²) in [7, 11) is 0. The molecule has 0 atom stereocenters. The lowest BCUT2D eigenvalue weighted by atomic mass is 10.2. The molecule has 162 valence electrons. The first-order valence-electron chi connectivity index (χ1n) is 9.80. The summed E-state index contributed by atoms with van der Waals surface area (Å²) in [4.78, 5) is 25.7. The molecule has 0 spiro atoms. The number of esters is 1. The summed E-state index contributed by atoms with van der Waals surface area (Å²) in [6.45, 7) is -0.451. The molecule has 33 heavy (non-hydrogen) atoms. The molecule has 0 aliphatic rings. The predicted molar refractivity (Wildman–Crippen MR) is 116 cm³/mol. The average molecular weight is 441 g/mol. The van der Waals surface area contributed by atoms with Gasteiger partial charge in [0.25, 0.3) is 5.56 Å². The Hall–Kier alpha value is -4.93. The number of rotatable bonds is 6. The van der Waals surface area contributed by atoms with Gasteiger partial charge in [-0.2, -0.15) is 9.36 Å². The van der Waals surface area contributed by atoms with E-state index < -0.39 is 18.3 Å². The summed E-state index contributed by atoms with van der Waals surface area (Å²) < 4.78 is 12.9. The number of tetrazole rings is 1. The highest BCUT2D eigenvalue weighted by Crippen LogP contribution is 2.21. The monoisotopic (exact) mass is 441 g/mol. The van der Waals surface area contributed by atoms with Gasteiger partial charge in [-0.15, -0.1) is 10.2 Å². The third-order valence-corrected chi connectivity index (χ3v) is 4.71. The molecule has 0 unspecified atom stereocenters. The molecular weight excluding hydrogens is 426 g/mol. The fourth-order valence-electron chi connectivity index (χ4n) is 3.13. The van der Waals surface area contributed by atoms with Crippen LogP contribution in [0.3, 0.4) is 0 Å². The van der Waals surface area contributed by atoms with Gasteiger partial charge in [0, 0.05) is 11.6 Å². The number of furan rings is 1. The van der Waals surface area contributed by atoms with Gasteiger partial charge in [-0.1, -0.05) is 47.7 Å². The number of ether oxygens (including phenoxy) is 1. The van der Waals surface area contributed by atoms with Gasteiger partial charge < -0.3 is 9.15 Å². The highest BCUT2D eigenvalue weighted by atomic mass is 16.5. The second-order valence-corrected chi connectivity index (χ2v) is 6.80. The van der Waals surface area contributed by atoms with Crippen LogP contribution in [0.1, 0.15) is 5.76 Å². The maximum atomic E-state index is 13.1. The van der Waals surface area contributed by atoms with Crippen molar-refractivity contribution in [3.05, 3.63) is 89.1 Å². The molecule has 0 N–H and O–H groups in total. The van der Waals surface area contributed by atoms with Gasteiger partial charge in [0.15, 0.2) is 18.3 Å². The molecule has 0 fully saturated rings. The fourth-order valence-corrected chi connectivity index (χ4v) is 3.13. The van der Waals surface area contributed by atoms with Crippen molar-refractivity contribution in [2.75, 3.05) is 0 Å². The summed E-state index contributed by atoms with van der Waals surface area (Å²) >= 11 is 0.